The Balaban J connectivity index is 0.924. The van der Waals surface area contributed by atoms with Crippen LogP contribution in [0.5, 0.6) is 5.75 Å². The van der Waals surface area contributed by atoms with Crippen molar-refractivity contribution in [3.8, 4) is 5.75 Å². The fourth-order valence-corrected chi connectivity index (χ4v) is 6.92. The molecule has 0 unspecified atom stereocenters. The normalized spacial score (nSPS) is 21.3. The maximum Gasteiger partial charge on any atom is 0.338 e. The van der Waals surface area contributed by atoms with Gasteiger partial charge in [-0.1, -0.05) is 29.3 Å². The summed E-state index contributed by atoms with van der Waals surface area (Å²) in [6.07, 6.45) is 4.91. The largest absolute Gasteiger partial charge is 0.491 e. The van der Waals surface area contributed by atoms with E-state index in [1.807, 2.05) is 53.2 Å². The first kappa shape index (κ1) is 32.9. The molecule has 0 radical (unpaired) electrons. The predicted octanol–water partition coefficient (Wildman–Crippen LogP) is 5.18. The van der Waals surface area contributed by atoms with Crippen LogP contribution in [-0.4, -0.2) is 84.3 Å². The summed E-state index contributed by atoms with van der Waals surface area (Å²) >= 11 is 12.7. The zero-order chi connectivity index (χ0) is 34.1. The highest BCUT2D eigenvalue weighted by molar-refractivity contribution is 6.52. The van der Waals surface area contributed by atoms with Crippen LogP contribution in [0, 0.1) is 0 Å². The molecule has 14 heteroatoms. The van der Waals surface area contributed by atoms with Gasteiger partial charge >= 0.3 is 17.8 Å². The maximum absolute atomic E-state index is 12.5. The van der Waals surface area contributed by atoms with Gasteiger partial charge in [-0.15, -0.1) is 0 Å². The van der Waals surface area contributed by atoms with Gasteiger partial charge < -0.3 is 28.6 Å². The van der Waals surface area contributed by atoms with E-state index < -0.39 is 23.6 Å². The highest BCUT2D eigenvalue weighted by Gasteiger charge is 2.46. The highest BCUT2D eigenvalue weighted by Crippen LogP contribution is 2.40. The molecule has 3 aromatic carbocycles. The number of benzene rings is 3. The first-order valence-electron chi connectivity index (χ1n) is 16.0. The Bertz CT molecular complexity index is 1830. The topological polar surface area (TPSA) is 110 Å². The van der Waals surface area contributed by atoms with Crippen molar-refractivity contribution >= 4 is 58.1 Å². The molecule has 2 atom stereocenters. The van der Waals surface area contributed by atoms with Crippen LogP contribution in [-0.2, 0) is 31.4 Å². The number of hydrogen-bond donors (Lipinski definition) is 0. The monoisotopic (exact) mass is 704 g/mol. The molecule has 7 rings (SSSR count). The van der Waals surface area contributed by atoms with Crippen LogP contribution in [0.25, 0.3) is 0 Å². The fourth-order valence-electron chi connectivity index (χ4n) is 6.37. The Morgan fingerprint density at radius 3 is 2.12 bits per heavy atom. The van der Waals surface area contributed by atoms with Crippen molar-refractivity contribution in [3.05, 3.63) is 101 Å². The van der Waals surface area contributed by atoms with E-state index in [9.17, 15) is 14.4 Å². The number of rotatable bonds is 10. The minimum atomic E-state index is -1.12. The van der Waals surface area contributed by atoms with Gasteiger partial charge in [-0.25, -0.2) is 14.7 Å². The quantitative estimate of drug-likeness (QED) is 0.163. The molecule has 4 amide bonds. The average molecular weight is 706 g/mol. The third-order valence-electron chi connectivity index (χ3n) is 8.91. The Hall–Kier alpha value is -4.62. The summed E-state index contributed by atoms with van der Waals surface area (Å²) < 4.78 is 20.8. The number of carbonyl (C=O) groups is 3. The van der Waals surface area contributed by atoms with Gasteiger partial charge in [-0.3, -0.25) is 14.5 Å². The zero-order valence-corrected chi connectivity index (χ0v) is 28.2. The lowest BCUT2D eigenvalue weighted by molar-refractivity contribution is -0.189. The van der Waals surface area contributed by atoms with Gasteiger partial charge in [0, 0.05) is 67.1 Å². The number of halogens is 2. The molecule has 0 aliphatic carbocycles. The van der Waals surface area contributed by atoms with Crippen LogP contribution in [0.3, 0.4) is 0 Å². The number of hydrogen-bond acceptors (Lipinski definition) is 9. The van der Waals surface area contributed by atoms with Crippen molar-refractivity contribution in [3.63, 3.8) is 0 Å². The van der Waals surface area contributed by atoms with E-state index >= 15 is 0 Å². The zero-order valence-electron chi connectivity index (χ0n) is 26.7. The Kier molecular flexibility index (Phi) is 9.21. The standard InChI is InChI=1S/C35H34Cl2N6O6/c1-2-42-32(44)33(45)43(34(42)46)27-6-4-25(5-7-27)40-15-17-41(18-16-40)26-8-10-28(11-9-26)47-20-29-21-48-35(49-29,22-39-14-13-38-23-39)30-12-3-24(36)19-31(30)37/h3-14,19,23,29H,2,15-18,20-22H2,1H3/t29-,35-/m1/s1. The van der Waals surface area contributed by atoms with Crippen LogP contribution in [0.2, 0.25) is 10.0 Å². The molecule has 0 saturated carbocycles. The summed E-state index contributed by atoms with van der Waals surface area (Å²) in [6.45, 7) is 5.99. The van der Waals surface area contributed by atoms with Crippen LogP contribution in [0.1, 0.15) is 12.5 Å². The smallest absolute Gasteiger partial charge is 0.338 e. The summed E-state index contributed by atoms with van der Waals surface area (Å²) in [5, 5.41) is 0.986. The summed E-state index contributed by atoms with van der Waals surface area (Å²) in [6, 6.07) is 19.8. The molecule has 3 saturated heterocycles. The SMILES string of the molecule is CCN1C(=O)C(=O)N(c2ccc(N3CCN(c4ccc(OC[C@@H]5CO[C@@](Cn6ccnc6)(c6ccc(Cl)cc6Cl)O5)cc4)CC3)cc2)C1=O. The molecule has 3 aliphatic rings. The summed E-state index contributed by atoms with van der Waals surface area (Å²) in [7, 11) is 0. The summed E-state index contributed by atoms with van der Waals surface area (Å²) in [4.78, 5) is 47.6. The Morgan fingerprint density at radius 2 is 1.53 bits per heavy atom. The van der Waals surface area contributed by atoms with Crippen molar-refractivity contribution < 1.29 is 28.6 Å². The lowest BCUT2D eigenvalue weighted by Crippen LogP contribution is -2.46. The maximum atomic E-state index is 12.5. The van der Waals surface area contributed by atoms with Crippen molar-refractivity contribution in [2.75, 3.05) is 60.6 Å². The second kappa shape index (κ2) is 13.7. The predicted molar refractivity (Wildman–Crippen MR) is 184 cm³/mol. The lowest BCUT2D eigenvalue weighted by atomic mass is 10.1. The molecule has 4 heterocycles. The number of anilines is 3. The van der Waals surface area contributed by atoms with E-state index in [-0.39, 0.29) is 12.6 Å². The summed E-state index contributed by atoms with van der Waals surface area (Å²) in [5.41, 5.74) is 3.15. The molecule has 0 bridgehead atoms. The van der Waals surface area contributed by atoms with Crippen molar-refractivity contribution in [1.29, 1.82) is 0 Å². The number of ether oxygens (including phenoxy) is 3. The lowest BCUT2D eigenvalue weighted by Gasteiger charge is -2.37. The van der Waals surface area contributed by atoms with E-state index in [1.54, 1.807) is 43.7 Å². The number of imide groups is 2. The first-order valence-corrected chi connectivity index (χ1v) is 16.8. The number of aromatic nitrogens is 2. The van der Waals surface area contributed by atoms with Crippen molar-refractivity contribution in [2.45, 2.75) is 25.4 Å². The Morgan fingerprint density at radius 1 is 0.878 bits per heavy atom. The minimum Gasteiger partial charge on any atom is -0.491 e. The number of amides is 4. The molecule has 1 aromatic heterocycles. The van der Waals surface area contributed by atoms with Gasteiger partial charge in [-0.05, 0) is 67.6 Å². The van der Waals surface area contributed by atoms with E-state index in [1.165, 1.54) is 0 Å². The van der Waals surface area contributed by atoms with E-state index in [2.05, 4.69) is 14.8 Å². The van der Waals surface area contributed by atoms with Crippen LogP contribution >= 0.6 is 23.2 Å². The molecular weight excluding hydrogens is 671 g/mol. The molecule has 4 aromatic rings. The van der Waals surface area contributed by atoms with Gasteiger partial charge in [0.05, 0.1) is 30.2 Å². The third kappa shape index (κ3) is 6.56. The summed E-state index contributed by atoms with van der Waals surface area (Å²) in [5.74, 6) is -2.02. The number of imidazole rings is 1. The van der Waals surface area contributed by atoms with Gasteiger partial charge in [0.15, 0.2) is 0 Å². The second-order valence-corrected chi connectivity index (χ2v) is 12.8. The highest BCUT2D eigenvalue weighted by atomic mass is 35.5. The van der Waals surface area contributed by atoms with Gasteiger partial charge in [0.2, 0.25) is 5.79 Å². The molecule has 49 heavy (non-hydrogen) atoms. The Labute approximate surface area is 293 Å². The molecule has 12 nitrogen and oxygen atoms in total. The molecule has 3 fully saturated rings. The van der Waals surface area contributed by atoms with E-state index in [0.717, 1.165) is 53.1 Å². The minimum absolute atomic E-state index is 0.152. The molecule has 0 N–H and O–H groups in total. The van der Waals surface area contributed by atoms with Gasteiger partial charge in [0.1, 0.15) is 18.5 Å². The first-order chi connectivity index (χ1) is 23.7. The van der Waals surface area contributed by atoms with E-state index in [0.29, 0.717) is 41.1 Å². The third-order valence-corrected chi connectivity index (χ3v) is 9.46. The van der Waals surface area contributed by atoms with E-state index in [4.69, 9.17) is 37.4 Å². The fraction of sp³-hybridized carbons (Fsp3) is 0.314. The number of nitrogens with zero attached hydrogens (tertiary/aromatic N) is 6. The van der Waals surface area contributed by atoms with Crippen LogP contribution in [0.15, 0.2) is 85.5 Å². The van der Waals surface area contributed by atoms with Crippen molar-refractivity contribution in [1.82, 2.24) is 14.5 Å². The van der Waals surface area contributed by atoms with Gasteiger partial charge in [0.25, 0.3) is 0 Å². The molecule has 0 spiro atoms. The average Bonchev–Trinajstić information content (AvgIpc) is 3.83. The second-order valence-electron chi connectivity index (χ2n) is 11.9. The molecular formula is C35H34Cl2N6O6. The number of piperazine rings is 1. The molecule has 3 aliphatic heterocycles. The molecule has 254 valence electrons. The number of urea groups is 1. The van der Waals surface area contributed by atoms with Crippen LogP contribution < -0.4 is 19.4 Å². The van der Waals surface area contributed by atoms with Gasteiger partial charge in [-0.2, -0.15) is 0 Å². The van der Waals surface area contributed by atoms with Crippen LogP contribution in [0.4, 0.5) is 21.9 Å². The number of likely N-dealkylation sites (N-methyl/N-ethyl adjacent to an activating group) is 1. The number of carbonyl (C=O) groups excluding carboxylic acids is 3. The van der Waals surface area contributed by atoms with Crippen molar-refractivity contribution in [2.24, 2.45) is 0 Å².